The van der Waals surface area contributed by atoms with Crippen LogP contribution in [-0.2, 0) is 23.9 Å². The molecule has 3 fully saturated rings. The van der Waals surface area contributed by atoms with Gasteiger partial charge in [-0.05, 0) is 51.9 Å². The summed E-state index contributed by atoms with van der Waals surface area (Å²) < 4.78 is 11.8. The Labute approximate surface area is 210 Å². The molecule has 1 spiro atoms. The largest absolute Gasteiger partial charge is 0.466 e. The average Bonchev–Trinajstić information content (AvgIpc) is 3.39. The van der Waals surface area contributed by atoms with Crippen molar-refractivity contribution in [1.29, 1.82) is 0 Å². The fourth-order valence-electron chi connectivity index (χ4n) is 6.99. The van der Waals surface area contributed by atoms with Gasteiger partial charge in [-0.15, -0.1) is 6.58 Å². The monoisotopic (exact) mass is 492 g/mol. The molecule has 3 saturated heterocycles. The number of aliphatic hydroxyl groups is 1. The first-order chi connectivity index (χ1) is 16.3. The number of nitrogens with zero attached hydrogens (tertiary/aromatic N) is 2. The Morgan fingerprint density at radius 1 is 1.31 bits per heavy atom. The number of carbonyl (C=O) groups is 3. The Hall–Kier alpha value is -1.93. The van der Waals surface area contributed by atoms with Gasteiger partial charge in [-0.2, -0.15) is 0 Å². The van der Waals surface area contributed by atoms with Crippen LogP contribution in [0.25, 0.3) is 0 Å². The van der Waals surface area contributed by atoms with Gasteiger partial charge in [0.1, 0.15) is 11.6 Å². The molecule has 2 amide bonds. The standard InChI is InChI=1S/C27H44N2O6/c1-9-14-28(26(7,8)16-25(4,5)6)23(32)21-27-13-12-18(35-27)19(24(33)34-11-3)20(27)22(31)29(21)17(10-2)15-30/h9,17-21,30H,1,10-16H2,2-8H3/t17-,18+,19-,20-,21?,27?/m0/s1. The maximum Gasteiger partial charge on any atom is 0.312 e. The maximum absolute atomic E-state index is 14.5. The van der Waals surface area contributed by atoms with Gasteiger partial charge in [0.15, 0.2) is 0 Å². The first-order valence-corrected chi connectivity index (χ1v) is 13.0. The molecule has 0 aliphatic carbocycles. The minimum Gasteiger partial charge on any atom is -0.466 e. The lowest BCUT2D eigenvalue weighted by Crippen LogP contribution is -2.62. The second-order valence-corrected chi connectivity index (χ2v) is 12.1. The Balaban J connectivity index is 2.11. The summed E-state index contributed by atoms with van der Waals surface area (Å²) in [5, 5.41) is 10.2. The third-order valence-corrected chi connectivity index (χ3v) is 7.88. The van der Waals surface area contributed by atoms with Crippen molar-refractivity contribution in [2.24, 2.45) is 17.3 Å². The second kappa shape index (κ2) is 9.85. The molecule has 8 heteroatoms. The molecule has 3 aliphatic heterocycles. The van der Waals surface area contributed by atoms with E-state index in [1.54, 1.807) is 17.9 Å². The molecule has 3 rings (SSSR count). The van der Waals surface area contributed by atoms with E-state index in [4.69, 9.17) is 9.47 Å². The lowest BCUT2D eigenvalue weighted by atomic mass is 9.70. The number of fused-ring (bicyclic) bond motifs is 1. The van der Waals surface area contributed by atoms with Crippen LogP contribution < -0.4 is 0 Å². The number of aliphatic hydroxyl groups excluding tert-OH is 1. The van der Waals surface area contributed by atoms with Gasteiger partial charge in [0.05, 0.1) is 37.2 Å². The van der Waals surface area contributed by atoms with E-state index in [2.05, 4.69) is 27.4 Å². The van der Waals surface area contributed by atoms with Gasteiger partial charge in [0, 0.05) is 12.1 Å². The van der Waals surface area contributed by atoms with Crippen LogP contribution in [0, 0.1) is 17.3 Å². The molecule has 198 valence electrons. The smallest absolute Gasteiger partial charge is 0.312 e. The Bertz CT molecular complexity index is 845. The van der Waals surface area contributed by atoms with E-state index in [9.17, 15) is 19.5 Å². The molecule has 6 atom stereocenters. The Kier molecular flexibility index (Phi) is 7.78. The molecule has 0 radical (unpaired) electrons. The first-order valence-electron chi connectivity index (χ1n) is 13.0. The van der Waals surface area contributed by atoms with Gasteiger partial charge >= 0.3 is 5.97 Å². The van der Waals surface area contributed by atoms with Crippen LogP contribution in [0.15, 0.2) is 12.7 Å². The van der Waals surface area contributed by atoms with E-state index in [1.807, 2.05) is 20.8 Å². The van der Waals surface area contributed by atoms with Gasteiger partial charge in [-0.25, -0.2) is 0 Å². The van der Waals surface area contributed by atoms with Crippen LogP contribution in [0.4, 0.5) is 0 Å². The van der Waals surface area contributed by atoms with E-state index >= 15 is 0 Å². The molecular formula is C27H44N2O6. The summed E-state index contributed by atoms with van der Waals surface area (Å²) in [6, 6.07) is -1.46. The number of amides is 2. The zero-order chi connectivity index (χ0) is 26.3. The molecule has 0 saturated carbocycles. The minimum absolute atomic E-state index is 0.0381. The molecule has 8 nitrogen and oxygen atoms in total. The Morgan fingerprint density at radius 3 is 2.49 bits per heavy atom. The second-order valence-electron chi connectivity index (χ2n) is 12.1. The number of likely N-dealkylation sites (tertiary alicyclic amines) is 1. The quantitative estimate of drug-likeness (QED) is 0.372. The summed E-state index contributed by atoms with van der Waals surface area (Å²) in [6.45, 7) is 18.2. The summed E-state index contributed by atoms with van der Waals surface area (Å²) in [7, 11) is 0. The number of carbonyl (C=O) groups excluding carboxylic acids is 3. The summed E-state index contributed by atoms with van der Waals surface area (Å²) in [4.78, 5) is 44.7. The normalized spacial score (nSPS) is 30.9. The predicted molar refractivity (Wildman–Crippen MR) is 132 cm³/mol. The molecule has 2 bridgehead atoms. The fourth-order valence-corrected chi connectivity index (χ4v) is 6.99. The third kappa shape index (κ3) is 4.64. The molecule has 1 N–H and O–H groups in total. The molecule has 0 aromatic heterocycles. The van der Waals surface area contributed by atoms with Crippen molar-refractivity contribution in [3.05, 3.63) is 12.7 Å². The third-order valence-electron chi connectivity index (χ3n) is 7.88. The van der Waals surface area contributed by atoms with Gasteiger partial charge in [0.2, 0.25) is 11.8 Å². The maximum atomic E-state index is 14.5. The zero-order valence-electron chi connectivity index (χ0n) is 22.5. The number of ether oxygens (including phenoxy) is 2. The summed E-state index contributed by atoms with van der Waals surface area (Å²) in [6.07, 6.45) is 3.59. The average molecular weight is 493 g/mol. The van der Waals surface area contributed by atoms with Crippen molar-refractivity contribution in [2.75, 3.05) is 19.8 Å². The van der Waals surface area contributed by atoms with Gasteiger partial charge in [-0.1, -0.05) is 33.8 Å². The van der Waals surface area contributed by atoms with Crippen LogP contribution in [-0.4, -0.2) is 81.8 Å². The first kappa shape index (κ1) is 27.7. The van der Waals surface area contributed by atoms with Crippen molar-refractivity contribution in [3.8, 4) is 0 Å². The van der Waals surface area contributed by atoms with Crippen molar-refractivity contribution in [1.82, 2.24) is 9.80 Å². The van der Waals surface area contributed by atoms with Crippen LogP contribution in [0.2, 0.25) is 0 Å². The van der Waals surface area contributed by atoms with Crippen molar-refractivity contribution in [2.45, 2.75) is 103 Å². The van der Waals surface area contributed by atoms with Crippen LogP contribution in [0.3, 0.4) is 0 Å². The van der Waals surface area contributed by atoms with E-state index in [1.165, 1.54) is 4.90 Å². The summed E-state index contributed by atoms with van der Waals surface area (Å²) >= 11 is 0. The summed E-state index contributed by atoms with van der Waals surface area (Å²) in [5.41, 5.74) is -1.66. The van der Waals surface area contributed by atoms with E-state index in [0.717, 1.165) is 6.42 Å². The molecular weight excluding hydrogens is 448 g/mol. The predicted octanol–water partition coefficient (Wildman–Crippen LogP) is 2.92. The lowest BCUT2D eigenvalue weighted by Gasteiger charge is -2.46. The van der Waals surface area contributed by atoms with Crippen molar-refractivity contribution >= 4 is 17.8 Å². The van der Waals surface area contributed by atoms with Gasteiger partial charge in [0.25, 0.3) is 0 Å². The topological polar surface area (TPSA) is 96.4 Å². The highest BCUT2D eigenvalue weighted by molar-refractivity contribution is 5.98. The van der Waals surface area contributed by atoms with Crippen LogP contribution in [0.1, 0.15) is 74.1 Å². The molecule has 3 aliphatic rings. The minimum atomic E-state index is -1.10. The van der Waals surface area contributed by atoms with Gasteiger partial charge < -0.3 is 24.4 Å². The molecule has 3 heterocycles. The number of hydrogen-bond acceptors (Lipinski definition) is 6. The van der Waals surface area contributed by atoms with Crippen LogP contribution >= 0.6 is 0 Å². The van der Waals surface area contributed by atoms with E-state index in [0.29, 0.717) is 25.8 Å². The van der Waals surface area contributed by atoms with Crippen molar-refractivity contribution in [3.63, 3.8) is 0 Å². The summed E-state index contributed by atoms with van der Waals surface area (Å²) in [5.74, 6) is -2.48. The van der Waals surface area contributed by atoms with Crippen molar-refractivity contribution < 1.29 is 29.0 Å². The van der Waals surface area contributed by atoms with E-state index < -0.39 is 47.1 Å². The molecule has 2 unspecified atom stereocenters. The highest BCUT2D eigenvalue weighted by atomic mass is 16.6. The molecule has 0 aromatic rings. The van der Waals surface area contributed by atoms with E-state index in [-0.39, 0.29) is 30.4 Å². The Morgan fingerprint density at radius 2 is 1.97 bits per heavy atom. The highest BCUT2D eigenvalue weighted by Gasteiger charge is 2.75. The number of esters is 1. The number of hydrogen-bond donors (Lipinski definition) is 1. The van der Waals surface area contributed by atoms with Gasteiger partial charge in [-0.3, -0.25) is 14.4 Å². The lowest BCUT2D eigenvalue weighted by molar-refractivity contribution is -0.157. The highest BCUT2D eigenvalue weighted by Crippen LogP contribution is 2.59. The molecule has 35 heavy (non-hydrogen) atoms. The van der Waals surface area contributed by atoms with Crippen LogP contribution in [0.5, 0.6) is 0 Å². The zero-order valence-corrected chi connectivity index (χ0v) is 22.5. The SMILES string of the molecule is C=CCN(C(=O)C1N([C@@H](CC)CO)C(=O)[C@@H]2[C@@H](C(=O)OCC)[C@H]3CCC12O3)C(C)(C)CC(C)(C)C. The fraction of sp³-hybridized carbons (Fsp3) is 0.815. The number of rotatable bonds is 10. The molecule has 0 aromatic carbocycles.